The van der Waals surface area contributed by atoms with E-state index in [-0.39, 0.29) is 22.4 Å². The fourth-order valence-corrected chi connectivity index (χ4v) is 5.00. The van der Waals surface area contributed by atoms with Crippen molar-refractivity contribution in [3.05, 3.63) is 87.3 Å². The second kappa shape index (κ2) is 10.4. The number of hydrogen-bond donors (Lipinski definition) is 1. The molecule has 0 saturated carbocycles. The van der Waals surface area contributed by atoms with Crippen LogP contribution in [0.1, 0.15) is 30.5 Å². The molecule has 3 aromatic rings. The molecule has 1 saturated heterocycles. The Kier molecular flexibility index (Phi) is 7.29. The highest BCUT2D eigenvalue weighted by Gasteiger charge is 2.36. The van der Waals surface area contributed by atoms with E-state index >= 15 is 0 Å². The summed E-state index contributed by atoms with van der Waals surface area (Å²) in [6, 6.07) is 19.1. The fraction of sp³-hybridized carbons (Fsp3) is 0.185. The molecule has 0 spiro atoms. The highest BCUT2D eigenvalue weighted by Crippen LogP contribution is 2.41. The lowest BCUT2D eigenvalue weighted by Gasteiger charge is -2.19. The number of ether oxygens (including phenoxy) is 1. The third kappa shape index (κ3) is 4.69. The minimum atomic E-state index is -0.165. The maximum Gasteiger partial charge on any atom is 0.271 e. The van der Waals surface area contributed by atoms with Crippen molar-refractivity contribution in [3.8, 4) is 11.5 Å². The van der Waals surface area contributed by atoms with Gasteiger partial charge in [-0.15, -0.1) is 0 Å². The van der Waals surface area contributed by atoms with E-state index in [1.54, 1.807) is 23.1 Å². The Balaban J connectivity index is 1.85. The molecule has 0 bridgehead atoms. The predicted molar refractivity (Wildman–Crippen MR) is 141 cm³/mol. The maximum atomic E-state index is 13.7. The Morgan fingerprint density at radius 3 is 2.44 bits per heavy atom. The number of carbonyl (C=O) groups excluding carboxylic acids is 1. The number of aromatic hydroxyl groups is 1. The van der Waals surface area contributed by atoms with Crippen LogP contribution < -0.4 is 9.64 Å². The zero-order valence-corrected chi connectivity index (χ0v) is 20.8. The van der Waals surface area contributed by atoms with Crippen molar-refractivity contribution in [1.82, 2.24) is 0 Å². The van der Waals surface area contributed by atoms with Gasteiger partial charge in [-0.05, 0) is 71.6 Å². The van der Waals surface area contributed by atoms with Crippen LogP contribution in [-0.2, 0) is 17.6 Å². The average Bonchev–Trinajstić information content (AvgIpc) is 3.15. The molecule has 1 fully saturated rings. The molecule has 1 N–H and O–H groups in total. The van der Waals surface area contributed by atoms with Gasteiger partial charge in [0.2, 0.25) is 0 Å². The molecule has 4 rings (SSSR count). The number of para-hydroxylation sites is 2. The molecule has 3 aromatic carbocycles. The van der Waals surface area contributed by atoms with Crippen LogP contribution >= 0.6 is 23.4 Å². The minimum Gasteiger partial charge on any atom is -0.503 e. The lowest BCUT2D eigenvalue weighted by Crippen LogP contribution is -2.29. The Morgan fingerprint density at radius 2 is 1.74 bits per heavy atom. The summed E-state index contributed by atoms with van der Waals surface area (Å²) < 4.78 is 5.21. The van der Waals surface area contributed by atoms with Crippen molar-refractivity contribution >= 4 is 51.9 Å². The third-order valence-corrected chi connectivity index (χ3v) is 6.83. The van der Waals surface area contributed by atoms with E-state index in [0.29, 0.717) is 15.6 Å². The first kappa shape index (κ1) is 23.9. The van der Waals surface area contributed by atoms with E-state index in [0.717, 1.165) is 35.3 Å². The molecule has 0 radical (unpaired) electrons. The van der Waals surface area contributed by atoms with Crippen LogP contribution in [0.2, 0.25) is 5.02 Å². The smallest absolute Gasteiger partial charge is 0.271 e. The molecule has 0 unspecified atom stereocenters. The number of phenols is 1. The fourth-order valence-electron chi connectivity index (χ4n) is 3.80. The Hall–Kier alpha value is -3.22. The second-order valence-electron chi connectivity index (χ2n) is 7.66. The molecule has 5 nitrogen and oxygen atoms in total. The quantitative estimate of drug-likeness (QED) is 0.377. The summed E-state index contributed by atoms with van der Waals surface area (Å²) in [4.78, 5) is 20.8. The van der Waals surface area contributed by atoms with Crippen LogP contribution in [0.3, 0.4) is 0 Å². The van der Waals surface area contributed by atoms with Gasteiger partial charge in [0, 0.05) is 0 Å². The number of hydrogen-bond acceptors (Lipinski definition) is 5. The van der Waals surface area contributed by atoms with Crippen molar-refractivity contribution in [2.24, 2.45) is 4.99 Å². The maximum absolute atomic E-state index is 13.7. The molecule has 0 atom stereocenters. The first-order chi connectivity index (χ1) is 16.5. The summed E-state index contributed by atoms with van der Waals surface area (Å²) in [5.74, 6) is -0.0517. The van der Waals surface area contributed by atoms with Crippen molar-refractivity contribution in [3.63, 3.8) is 0 Å². The van der Waals surface area contributed by atoms with E-state index in [1.165, 1.54) is 18.9 Å². The van der Waals surface area contributed by atoms with Gasteiger partial charge < -0.3 is 9.84 Å². The molecule has 1 heterocycles. The summed E-state index contributed by atoms with van der Waals surface area (Å²) in [5.41, 5.74) is 4.48. The molecule has 7 heteroatoms. The van der Waals surface area contributed by atoms with Crippen molar-refractivity contribution in [1.29, 1.82) is 0 Å². The standard InChI is InChI=1S/C27H25ClN2O3S/c1-4-18-10-6-8-12-21(18)29-27-30(22-13-9-7-11-19(22)5-2)26(32)24(34-27)16-17-14-20(28)25(31)23(15-17)33-3/h6-16,31H,4-5H2,1-3H3/b24-16+,29-27?. The lowest BCUT2D eigenvalue weighted by atomic mass is 10.1. The number of rotatable bonds is 6. The highest BCUT2D eigenvalue weighted by atomic mass is 35.5. The first-order valence-electron chi connectivity index (χ1n) is 11.0. The summed E-state index contributed by atoms with van der Waals surface area (Å²) in [6.07, 6.45) is 3.37. The number of amidine groups is 1. The molecule has 1 aliphatic rings. The summed E-state index contributed by atoms with van der Waals surface area (Å²) in [6.45, 7) is 4.15. The molecule has 0 aromatic heterocycles. The Morgan fingerprint density at radius 1 is 1.06 bits per heavy atom. The van der Waals surface area contributed by atoms with Crippen LogP contribution in [0.4, 0.5) is 11.4 Å². The van der Waals surface area contributed by atoms with Crippen molar-refractivity contribution < 1.29 is 14.6 Å². The zero-order valence-electron chi connectivity index (χ0n) is 19.2. The monoisotopic (exact) mass is 492 g/mol. The van der Waals surface area contributed by atoms with Gasteiger partial charge in [0.25, 0.3) is 5.91 Å². The number of thioether (sulfide) groups is 1. The van der Waals surface area contributed by atoms with Gasteiger partial charge in [0.05, 0.1) is 28.4 Å². The number of aliphatic imine (C=N–C) groups is 1. The van der Waals surface area contributed by atoms with Gasteiger partial charge in [0.15, 0.2) is 16.7 Å². The molecule has 174 valence electrons. The average molecular weight is 493 g/mol. The van der Waals surface area contributed by atoms with Crippen LogP contribution in [-0.4, -0.2) is 23.3 Å². The van der Waals surface area contributed by atoms with Crippen LogP contribution in [0.25, 0.3) is 6.08 Å². The van der Waals surface area contributed by atoms with E-state index in [4.69, 9.17) is 21.3 Å². The minimum absolute atomic E-state index is 0.131. The van der Waals surface area contributed by atoms with Gasteiger partial charge >= 0.3 is 0 Å². The lowest BCUT2D eigenvalue weighted by molar-refractivity contribution is -0.113. The number of nitrogens with zero attached hydrogens (tertiary/aromatic N) is 2. The van der Waals surface area contributed by atoms with Gasteiger partial charge in [-0.1, -0.05) is 61.8 Å². The molecule has 1 aliphatic heterocycles. The molecular weight excluding hydrogens is 468 g/mol. The van der Waals surface area contributed by atoms with E-state index in [2.05, 4.69) is 13.8 Å². The number of halogens is 1. The normalized spacial score (nSPS) is 16.0. The Bertz CT molecular complexity index is 1300. The number of methoxy groups -OCH3 is 1. The van der Waals surface area contributed by atoms with Gasteiger partial charge in [-0.25, -0.2) is 4.99 Å². The highest BCUT2D eigenvalue weighted by molar-refractivity contribution is 8.19. The number of aryl methyl sites for hydroxylation is 2. The zero-order chi connectivity index (χ0) is 24.2. The van der Waals surface area contributed by atoms with Crippen LogP contribution in [0.15, 0.2) is 70.6 Å². The van der Waals surface area contributed by atoms with Gasteiger partial charge in [-0.3, -0.25) is 9.69 Å². The molecule has 34 heavy (non-hydrogen) atoms. The van der Waals surface area contributed by atoms with Gasteiger partial charge in [-0.2, -0.15) is 0 Å². The summed E-state index contributed by atoms with van der Waals surface area (Å²) in [7, 11) is 1.46. The second-order valence-corrected chi connectivity index (χ2v) is 9.08. The van der Waals surface area contributed by atoms with Crippen LogP contribution in [0, 0.1) is 0 Å². The largest absolute Gasteiger partial charge is 0.503 e. The molecular formula is C27H25ClN2O3S. The molecule has 0 aliphatic carbocycles. The first-order valence-corrected chi connectivity index (χ1v) is 12.2. The van der Waals surface area contributed by atoms with Gasteiger partial charge in [0.1, 0.15) is 0 Å². The number of phenolic OH excluding ortho intramolecular Hbond substituents is 1. The van der Waals surface area contributed by atoms with Crippen LogP contribution in [0.5, 0.6) is 11.5 Å². The molecule has 1 amide bonds. The number of amides is 1. The Labute approximate surface area is 208 Å². The number of carbonyl (C=O) groups is 1. The summed E-state index contributed by atoms with van der Waals surface area (Å²) in [5, 5.41) is 10.8. The van der Waals surface area contributed by atoms with Crippen molar-refractivity contribution in [2.75, 3.05) is 12.0 Å². The predicted octanol–water partition coefficient (Wildman–Crippen LogP) is 6.99. The number of anilines is 1. The van der Waals surface area contributed by atoms with E-state index in [1.807, 2.05) is 48.5 Å². The third-order valence-electron chi connectivity index (χ3n) is 5.58. The SMILES string of the molecule is CCc1ccccc1N=C1S/C(=C/c2cc(Cl)c(O)c(OC)c2)C(=O)N1c1ccccc1CC. The van der Waals surface area contributed by atoms with Crippen molar-refractivity contribution in [2.45, 2.75) is 26.7 Å². The van der Waals surface area contributed by atoms with E-state index < -0.39 is 0 Å². The van der Waals surface area contributed by atoms with E-state index in [9.17, 15) is 9.90 Å². The topological polar surface area (TPSA) is 62.1 Å². The number of benzene rings is 3. The summed E-state index contributed by atoms with van der Waals surface area (Å²) >= 11 is 7.48.